The van der Waals surface area contributed by atoms with Crippen LogP contribution in [0.25, 0.3) is 0 Å². The van der Waals surface area contributed by atoms with Crippen LogP contribution >= 0.6 is 11.6 Å². The Labute approximate surface area is 108 Å². The molecule has 17 heavy (non-hydrogen) atoms. The van der Waals surface area contributed by atoms with Gasteiger partial charge in [0.1, 0.15) is 0 Å². The van der Waals surface area contributed by atoms with Crippen molar-refractivity contribution in [2.45, 2.75) is 38.3 Å². The highest BCUT2D eigenvalue weighted by molar-refractivity contribution is 6.30. The molecule has 0 radical (unpaired) electrons. The third-order valence-electron chi connectivity index (χ3n) is 3.52. The molecule has 0 heterocycles. The zero-order valence-electron chi connectivity index (χ0n) is 10.2. The Bertz CT molecular complexity index is 363. The second kappa shape index (κ2) is 5.85. The molecule has 2 rings (SSSR count). The van der Waals surface area contributed by atoms with E-state index in [1.807, 2.05) is 18.2 Å². The standard InChI is InChI=1S/C14H20ClNO/c1-2-14(11-4-3-5-12(15)8-11)16-9-10-6-13(17)7-10/h3-5,8,10,13-14,16-17H,2,6-7,9H2,1H3. The lowest BCUT2D eigenvalue weighted by Crippen LogP contribution is -2.37. The first kappa shape index (κ1) is 12.9. The van der Waals surface area contributed by atoms with Crippen LogP contribution in [0.5, 0.6) is 0 Å². The van der Waals surface area contributed by atoms with E-state index < -0.39 is 0 Å². The van der Waals surface area contributed by atoms with Crippen molar-refractivity contribution in [2.24, 2.45) is 5.92 Å². The van der Waals surface area contributed by atoms with Crippen molar-refractivity contribution in [3.05, 3.63) is 34.9 Å². The first-order valence-electron chi connectivity index (χ1n) is 6.36. The van der Waals surface area contributed by atoms with Crippen molar-refractivity contribution in [3.8, 4) is 0 Å². The molecule has 1 aromatic carbocycles. The molecule has 1 atom stereocenters. The summed E-state index contributed by atoms with van der Waals surface area (Å²) in [4.78, 5) is 0. The van der Waals surface area contributed by atoms with Crippen LogP contribution in [0, 0.1) is 5.92 Å². The van der Waals surface area contributed by atoms with Gasteiger partial charge in [0.05, 0.1) is 6.10 Å². The quantitative estimate of drug-likeness (QED) is 0.845. The number of aliphatic hydroxyl groups is 1. The Kier molecular flexibility index (Phi) is 4.43. The molecule has 1 saturated carbocycles. The van der Waals surface area contributed by atoms with Gasteiger partial charge in [-0.05, 0) is 49.4 Å². The molecular weight excluding hydrogens is 234 g/mol. The summed E-state index contributed by atoms with van der Waals surface area (Å²) in [5.41, 5.74) is 1.25. The Morgan fingerprint density at radius 1 is 1.47 bits per heavy atom. The van der Waals surface area contributed by atoms with Crippen LogP contribution in [0.15, 0.2) is 24.3 Å². The number of rotatable bonds is 5. The Morgan fingerprint density at radius 2 is 2.24 bits per heavy atom. The van der Waals surface area contributed by atoms with Crippen LogP contribution in [-0.4, -0.2) is 17.8 Å². The lowest BCUT2D eigenvalue weighted by molar-refractivity contribution is 0.0418. The van der Waals surface area contributed by atoms with E-state index in [-0.39, 0.29) is 6.10 Å². The highest BCUT2D eigenvalue weighted by Gasteiger charge is 2.27. The highest BCUT2D eigenvalue weighted by Crippen LogP contribution is 2.28. The number of benzene rings is 1. The highest BCUT2D eigenvalue weighted by atomic mass is 35.5. The van der Waals surface area contributed by atoms with E-state index >= 15 is 0 Å². The molecule has 2 N–H and O–H groups in total. The van der Waals surface area contributed by atoms with E-state index in [4.69, 9.17) is 11.6 Å². The minimum atomic E-state index is -0.0620. The summed E-state index contributed by atoms with van der Waals surface area (Å²) < 4.78 is 0. The molecule has 0 amide bonds. The van der Waals surface area contributed by atoms with Gasteiger partial charge in [-0.15, -0.1) is 0 Å². The van der Waals surface area contributed by atoms with Gasteiger partial charge < -0.3 is 10.4 Å². The molecule has 0 spiro atoms. The average Bonchev–Trinajstić information content (AvgIpc) is 2.27. The lowest BCUT2D eigenvalue weighted by Gasteiger charge is -2.33. The topological polar surface area (TPSA) is 32.3 Å². The van der Waals surface area contributed by atoms with E-state index in [1.54, 1.807) is 0 Å². The lowest BCUT2D eigenvalue weighted by atomic mass is 9.82. The van der Waals surface area contributed by atoms with Gasteiger partial charge in [0.15, 0.2) is 0 Å². The molecule has 2 nitrogen and oxygen atoms in total. The maximum atomic E-state index is 9.25. The third kappa shape index (κ3) is 3.44. The van der Waals surface area contributed by atoms with Crippen molar-refractivity contribution in [3.63, 3.8) is 0 Å². The van der Waals surface area contributed by atoms with E-state index in [9.17, 15) is 5.11 Å². The Morgan fingerprint density at radius 3 is 2.82 bits per heavy atom. The maximum Gasteiger partial charge on any atom is 0.0546 e. The number of hydrogen-bond acceptors (Lipinski definition) is 2. The van der Waals surface area contributed by atoms with Gasteiger partial charge in [0, 0.05) is 11.1 Å². The van der Waals surface area contributed by atoms with Crippen LogP contribution in [0.4, 0.5) is 0 Å². The van der Waals surface area contributed by atoms with Crippen molar-refractivity contribution in [1.82, 2.24) is 5.32 Å². The molecule has 1 aliphatic carbocycles. The molecule has 1 aliphatic rings. The molecule has 1 unspecified atom stereocenters. The molecule has 0 saturated heterocycles. The minimum absolute atomic E-state index is 0.0620. The van der Waals surface area contributed by atoms with E-state index in [0.29, 0.717) is 12.0 Å². The van der Waals surface area contributed by atoms with Crippen molar-refractivity contribution in [1.29, 1.82) is 0 Å². The second-order valence-electron chi connectivity index (χ2n) is 4.92. The summed E-state index contributed by atoms with van der Waals surface area (Å²) in [7, 11) is 0. The summed E-state index contributed by atoms with van der Waals surface area (Å²) in [6.45, 7) is 3.16. The largest absolute Gasteiger partial charge is 0.393 e. The number of hydrogen-bond donors (Lipinski definition) is 2. The van der Waals surface area contributed by atoms with E-state index in [2.05, 4.69) is 18.3 Å². The first-order chi connectivity index (χ1) is 8.19. The van der Waals surface area contributed by atoms with Gasteiger partial charge in [-0.1, -0.05) is 30.7 Å². The zero-order valence-corrected chi connectivity index (χ0v) is 11.0. The van der Waals surface area contributed by atoms with Crippen LogP contribution in [-0.2, 0) is 0 Å². The number of nitrogens with one attached hydrogen (secondary N) is 1. The van der Waals surface area contributed by atoms with Crippen molar-refractivity contribution >= 4 is 11.6 Å². The van der Waals surface area contributed by atoms with Gasteiger partial charge in [-0.3, -0.25) is 0 Å². The average molecular weight is 254 g/mol. The zero-order chi connectivity index (χ0) is 12.3. The fraction of sp³-hybridized carbons (Fsp3) is 0.571. The van der Waals surface area contributed by atoms with Gasteiger partial charge in [-0.2, -0.15) is 0 Å². The number of halogens is 1. The van der Waals surface area contributed by atoms with Gasteiger partial charge in [0.2, 0.25) is 0 Å². The predicted octanol–water partition coefficient (Wildman–Crippen LogP) is 3.15. The summed E-state index contributed by atoms with van der Waals surface area (Å²) in [5, 5.41) is 13.6. The minimum Gasteiger partial charge on any atom is -0.393 e. The van der Waals surface area contributed by atoms with Gasteiger partial charge in [-0.25, -0.2) is 0 Å². The Hall–Kier alpha value is -0.570. The van der Waals surface area contributed by atoms with Crippen LogP contribution in [0.1, 0.15) is 37.8 Å². The summed E-state index contributed by atoms with van der Waals surface area (Å²) in [6.07, 6.45) is 2.88. The van der Waals surface area contributed by atoms with E-state index in [0.717, 1.165) is 30.8 Å². The third-order valence-corrected chi connectivity index (χ3v) is 3.76. The second-order valence-corrected chi connectivity index (χ2v) is 5.35. The van der Waals surface area contributed by atoms with Gasteiger partial charge in [0.25, 0.3) is 0 Å². The smallest absolute Gasteiger partial charge is 0.0546 e. The molecule has 94 valence electrons. The molecule has 1 aromatic rings. The summed E-state index contributed by atoms with van der Waals surface area (Å²) in [5.74, 6) is 0.637. The fourth-order valence-electron chi connectivity index (χ4n) is 2.40. The predicted molar refractivity (Wildman–Crippen MR) is 71.2 cm³/mol. The molecule has 0 aromatic heterocycles. The van der Waals surface area contributed by atoms with Crippen LogP contribution in [0.2, 0.25) is 5.02 Å². The molecule has 1 fully saturated rings. The maximum absolute atomic E-state index is 9.25. The van der Waals surface area contributed by atoms with Gasteiger partial charge >= 0.3 is 0 Å². The Balaban J connectivity index is 1.88. The molecular formula is C14H20ClNO. The summed E-state index contributed by atoms with van der Waals surface area (Å²) in [6, 6.07) is 8.40. The van der Waals surface area contributed by atoms with Crippen molar-refractivity contribution in [2.75, 3.05) is 6.54 Å². The summed E-state index contributed by atoms with van der Waals surface area (Å²) >= 11 is 6.01. The molecule has 0 bridgehead atoms. The molecule has 0 aliphatic heterocycles. The normalized spacial score (nSPS) is 25.4. The monoisotopic (exact) mass is 253 g/mol. The number of aliphatic hydroxyl groups excluding tert-OH is 1. The van der Waals surface area contributed by atoms with E-state index in [1.165, 1.54) is 5.56 Å². The van der Waals surface area contributed by atoms with Crippen LogP contribution < -0.4 is 5.32 Å². The SMILES string of the molecule is CCC(NCC1CC(O)C1)c1cccc(Cl)c1. The van der Waals surface area contributed by atoms with Crippen LogP contribution in [0.3, 0.4) is 0 Å². The molecule has 3 heteroatoms. The fourth-order valence-corrected chi connectivity index (χ4v) is 2.60. The first-order valence-corrected chi connectivity index (χ1v) is 6.73. The van der Waals surface area contributed by atoms with Crippen molar-refractivity contribution < 1.29 is 5.11 Å².